The van der Waals surface area contributed by atoms with E-state index in [0.717, 1.165) is 11.8 Å². The Morgan fingerprint density at radius 2 is 2.10 bits per heavy atom. The fourth-order valence-corrected chi connectivity index (χ4v) is 3.71. The molecule has 0 aromatic heterocycles. The molecule has 1 saturated heterocycles. The highest BCUT2D eigenvalue weighted by Crippen LogP contribution is 2.34. The number of rotatable bonds is 2. The lowest BCUT2D eigenvalue weighted by Gasteiger charge is -2.37. The van der Waals surface area contributed by atoms with Crippen molar-refractivity contribution in [1.82, 2.24) is 4.90 Å². The fourth-order valence-electron chi connectivity index (χ4n) is 2.20. The highest BCUT2D eigenvalue weighted by atomic mass is 35.5. The van der Waals surface area contributed by atoms with E-state index in [0.29, 0.717) is 13.1 Å². The van der Waals surface area contributed by atoms with Crippen LogP contribution in [0.3, 0.4) is 0 Å². The van der Waals surface area contributed by atoms with Crippen molar-refractivity contribution in [3.05, 3.63) is 37.9 Å². The van der Waals surface area contributed by atoms with Crippen LogP contribution in [0, 0.1) is 10.1 Å². The average Bonchev–Trinajstić information content (AvgIpc) is 2.39. The smallest absolute Gasteiger partial charge is 0.271 e. The zero-order chi connectivity index (χ0) is 15.8. The van der Waals surface area contributed by atoms with Gasteiger partial charge in [-0.25, -0.2) is 0 Å². The average molecular weight is 349 g/mol. The van der Waals surface area contributed by atoms with Gasteiger partial charge in [0.15, 0.2) is 0 Å². The quantitative estimate of drug-likeness (QED) is 0.601. The minimum absolute atomic E-state index is 0.0138. The van der Waals surface area contributed by atoms with Crippen LogP contribution in [0.5, 0.6) is 0 Å². The Labute approximate surface area is 136 Å². The second-order valence-electron chi connectivity index (χ2n) is 5.38. The third-order valence-electron chi connectivity index (χ3n) is 3.17. The molecule has 1 aromatic carbocycles. The van der Waals surface area contributed by atoms with Crippen molar-refractivity contribution >= 4 is 46.6 Å². The topological polar surface area (TPSA) is 63.5 Å². The molecule has 1 aliphatic heterocycles. The maximum Gasteiger partial charge on any atom is 0.271 e. The number of halogens is 2. The third kappa shape index (κ3) is 3.62. The molecule has 0 atom stereocenters. The van der Waals surface area contributed by atoms with E-state index >= 15 is 0 Å². The van der Waals surface area contributed by atoms with Crippen LogP contribution in [0.4, 0.5) is 5.69 Å². The van der Waals surface area contributed by atoms with E-state index < -0.39 is 4.92 Å². The van der Waals surface area contributed by atoms with Crippen molar-refractivity contribution in [3.8, 4) is 0 Å². The van der Waals surface area contributed by atoms with E-state index in [2.05, 4.69) is 13.8 Å². The van der Waals surface area contributed by atoms with Gasteiger partial charge in [-0.1, -0.05) is 23.2 Å². The lowest BCUT2D eigenvalue weighted by atomic mass is 10.1. The van der Waals surface area contributed by atoms with Crippen LogP contribution in [-0.2, 0) is 0 Å². The Morgan fingerprint density at radius 3 is 2.67 bits per heavy atom. The summed E-state index contributed by atoms with van der Waals surface area (Å²) in [4.78, 5) is 24.6. The maximum atomic E-state index is 12.6. The largest absolute Gasteiger partial charge is 0.336 e. The van der Waals surface area contributed by atoms with Gasteiger partial charge < -0.3 is 4.90 Å². The number of carbonyl (C=O) groups excluding carboxylic acids is 1. The number of nitrogens with zero attached hydrogens (tertiary/aromatic N) is 2. The number of carbonyl (C=O) groups is 1. The molecule has 1 aliphatic rings. The van der Waals surface area contributed by atoms with Gasteiger partial charge in [0.1, 0.15) is 0 Å². The molecule has 1 fully saturated rings. The van der Waals surface area contributed by atoms with Crippen molar-refractivity contribution in [3.63, 3.8) is 0 Å². The van der Waals surface area contributed by atoms with Gasteiger partial charge in [-0.2, -0.15) is 11.8 Å². The molecule has 5 nitrogen and oxygen atoms in total. The Kier molecular flexibility index (Phi) is 4.70. The molecule has 1 heterocycles. The van der Waals surface area contributed by atoms with Gasteiger partial charge in [-0.05, 0) is 13.8 Å². The molecule has 1 amide bonds. The zero-order valence-corrected chi connectivity index (χ0v) is 13.9. The number of nitro benzene ring substituents is 1. The number of amides is 1. The molecule has 114 valence electrons. The summed E-state index contributed by atoms with van der Waals surface area (Å²) in [5.41, 5.74) is -0.156. The van der Waals surface area contributed by atoms with E-state index in [-0.39, 0.29) is 32.0 Å². The summed E-state index contributed by atoms with van der Waals surface area (Å²) in [6, 6.07) is 2.34. The minimum Gasteiger partial charge on any atom is -0.336 e. The van der Waals surface area contributed by atoms with Gasteiger partial charge in [-0.3, -0.25) is 14.9 Å². The highest BCUT2D eigenvalue weighted by Gasteiger charge is 2.32. The van der Waals surface area contributed by atoms with E-state index in [1.165, 1.54) is 6.07 Å². The van der Waals surface area contributed by atoms with Crippen molar-refractivity contribution < 1.29 is 9.72 Å². The van der Waals surface area contributed by atoms with E-state index in [1.807, 2.05) is 0 Å². The Hall–Kier alpha value is -0.980. The number of non-ortho nitro benzene ring substituents is 1. The predicted molar refractivity (Wildman–Crippen MR) is 85.6 cm³/mol. The molecule has 0 N–H and O–H groups in total. The first kappa shape index (κ1) is 16.4. The van der Waals surface area contributed by atoms with E-state index in [1.54, 1.807) is 16.7 Å². The van der Waals surface area contributed by atoms with Crippen molar-refractivity contribution in [1.29, 1.82) is 0 Å². The molecule has 0 saturated carbocycles. The Morgan fingerprint density at radius 1 is 1.43 bits per heavy atom. The molecular formula is C13H14Cl2N2O3S. The first-order valence-electron chi connectivity index (χ1n) is 6.28. The molecule has 0 radical (unpaired) electrons. The van der Waals surface area contributed by atoms with Crippen molar-refractivity contribution in [2.24, 2.45) is 0 Å². The molecule has 8 heteroatoms. The van der Waals surface area contributed by atoms with Crippen LogP contribution in [0.2, 0.25) is 10.0 Å². The highest BCUT2D eigenvalue weighted by molar-refractivity contribution is 8.00. The first-order chi connectivity index (χ1) is 9.71. The van der Waals surface area contributed by atoms with Gasteiger partial charge in [0.05, 0.1) is 20.5 Å². The van der Waals surface area contributed by atoms with Crippen LogP contribution in [0.15, 0.2) is 12.1 Å². The van der Waals surface area contributed by atoms with Gasteiger partial charge in [0.25, 0.3) is 11.6 Å². The normalized spacial score (nSPS) is 17.6. The standard InChI is InChI=1S/C13H14Cl2N2O3S/c1-13(2)7-16(3-4-21-13)12(18)9-5-8(17(19)20)6-10(14)11(9)15/h5-6H,3-4,7H2,1-2H3. The van der Waals surface area contributed by atoms with E-state index in [4.69, 9.17) is 23.2 Å². The van der Waals surface area contributed by atoms with Crippen LogP contribution in [0.25, 0.3) is 0 Å². The molecule has 0 spiro atoms. The minimum atomic E-state index is -0.588. The summed E-state index contributed by atoms with van der Waals surface area (Å²) in [5, 5.41) is 11.0. The molecule has 0 bridgehead atoms. The predicted octanol–water partition coefficient (Wildman–Crippen LogP) is 3.87. The summed E-state index contributed by atoms with van der Waals surface area (Å²) < 4.78 is -0.0507. The van der Waals surface area contributed by atoms with Gasteiger partial charge in [-0.15, -0.1) is 0 Å². The Balaban J connectivity index is 2.36. The Bertz CT molecular complexity index is 607. The maximum absolute atomic E-state index is 12.6. The van der Waals surface area contributed by atoms with Crippen molar-refractivity contribution in [2.75, 3.05) is 18.8 Å². The number of nitro groups is 1. The number of hydrogen-bond donors (Lipinski definition) is 0. The summed E-state index contributed by atoms with van der Waals surface area (Å²) in [7, 11) is 0. The van der Waals surface area contributed by atoms with Gasteiger partial charge in [0, 0.05) is 35.7 Å². The van der Waals surface area contributed by atoms with Crippen LogP contribution in [0.1, 0.15) is 24.2 Å². The summed E-state index contributed by atoms with van der Waals surface area (Å²) in [5.74, 6) is 0.498. The van der Waals surface area contributed by atoms with Gasteiger partial charge in [0.2, 0.25) is 0 Å². The van der Waals surface area contributed by atoms with Gasteiger partial charge >= 0.3 is 0 Å². The summed E-state index contributed by atoms with van der Waals surface area (Å²) in [6.07, 6.45) is 0. The monoisotopic (exact) mass is 348 g/mol. The molecular weight excluding hydrogens is 335 g/mol. The number of thioether (sulfide) groups is 1. The number of hydrogen-bond acceptors (Lipinski definition) is 4. The molecule has 0 aliphatic carbocycles. The number of benzene rings is 1. The van der Waals surface area contributed by atoms with Crippen LogP contribution < -0.4 is 0 Å². The molecule has 0 unspecified atom stereocenters. The summed E-state index contributed by atoms with van der Waals surface area (Å²) in [6.45, 7) is 5.26. The van der Waals surface area contributed by atoms with Crippen LogP contribution >= 0.6 is 35.0 Å². The third-order valence-corrected chi connectivity index (χ3v) is 5.27. The van der Waals surface area contributed by atoms with E-state index in [9.17, 15) is 14.9 Å². The molecule has 2 rings (SSSR count). The fraction of sp³-hybridized carbons (Fsp3) is 0.462. The lowest BCUT2D eigenvalue weighted by Crippen LogP contribution is -2.46. The second-order valence-corrected chi connectivity index (χ2v) is 7.97. The van der Waals surface area contributed by atoms with Crippen LogP contribution in [-0.4, -0.2) is 39.3 Å². The second kappa shape index (κ2) is 6.02. The lowest BCUT2D eigenvalue weighted by molar-refractivity contribution is -0.384. The molecule has 1 aromatic rings. The first-order valence-corrected chi connectivity index (χ1v) is 8.02. The molecule has 21 heavy (non-hydrogen) atoms. The zero-order valence-electron chi connectivity index (χ0n) is 11.6. The van der Waals surface area contributed by atoms with Crippen molar-refractivity contribution in [2.45, 2.75) is 18.6 Å². The summed E-state index contributed by atoms with van der Waals surface area (Å²) >= 11 is 13.7. The SMILES string of the molecule is CC1(C)CN(C(=O)c2cc([N+](=O)[O-])cc(Cl)c2Cl)CCS1.